The van der Waals surface area contributed by atoms with Crippen LogP contribution in [-0.4, -0.2) is 5.91 Å². The highest BCUT2D eigenvalue weighted by Crippen LogP contribution is 2.23. The summed E-state index contributed by atoms with van der Waals surface area (Å²) in [5.74, 6) is 0.0166. The molecule has 2 aromatic carbocycles. The Morgan fingerprint density at radius 2 is 1.18 bits per heavy atom. The first-order valence-electron chi connectivity index (χ1n) is 16.3. The summed E-state index contributed by atoms with van der Waals surface area (Å²) in [5, 5.41) is 1.19. The molecule has 0 aliphatic rings. The molecule has 0 atom stereocenters. The Kier molecular flexibility index (Phi) is 19.1. The quantitative estimate of drug-likeness (QED) is 0.115. The molecular weight excluding hydrogens is 596 g/mol. The molecule has 0 spiro atoms. The number of aromatic nitrogens is 1. The van der Waals surface area contributed by atoms with Gasteiger partial charge in [0.05, 0.1) is 0 Å². The van der Waals surface area contributed by atoms with E-state index in [1.807, 2.05) is 36.5 Å². The maximum Gasteiger partial charge on any atom is 0.264 e. The summed E-state index contributed by atoms with van der Waals surface area (Å²) in [4.78, 5) is 14.1. The molecule has 0 unspecified atom stereocenters. The van der Waals surface area contributed by atoms with E-state index < -0.39 is 10.2 Å². The number of carbonyl (C=O) groups is 1. The predicted octanol–water partition coefficient (Wildman–Crippen LogP) is 5.72. The van der Waals surface area contributed by atoms with E-state index >= 15 is 0 Å². The third kappa shape index (κ3) is 16.7. The molecule has 0 saturated heterocycles. The molecule has 0 aliphatic carbocycles. The first kappa shape index (κ1) is 37.9. The molecule has 44 heavy (non-hydrogen) atoms. The van der Waals surface area contributed by atoms with E-state index in [1.54, 1.807) is 23.2 Å². The summed E-state index contributed by atoms with van der Waals surface area (Å²) in [6, 6.07) is 18.5. The van der Waals surface area contributed by atoms with Gasteiger partial charge < -0.3 is 0 Å². The van der Waals surface area contributed by atoms with Gasteiger partial charge in [0.2, 0.25) is 11.4 Å². The molecule has 0 N–H and O–H groups in total. The van der Waals surface area contributed by atoms with Crippen LogP contribution in [0.3, 0.4) is 0 Å². The number of hydrogen-bond acceptors (Lipinski definition) is 6. The van der Waals surface area contributed by atoms with E-state index in [0.717, 1.165) is 12.2 Å². The molecule has 3 rings (SSSR count). The smallest absolute Gasteiger partial charge is 0.264 e. The molecule has 9 heteroatoms. The van der Waals surface area contributed by atoms with Crippen molar-refractivity contribution >= 4 is 39.2 Å². The van der Waals surface area contributed by atoms with Crippen molar-refractivity contribution in [1.82, 2.24) is 0 Å². The number of carbonyl (C=O) groups excluding carboxylic acids is 1. The van der Waals surface area contributed by atoms with Gasteiger partial charge in [0.25, 0.3) is 5.01 Å². The van der Waals surface area contributed by atoms with Gasteiger partial charge in [-0.3, -0.25) is 9.69 Å². The van der Waals surface area contributed by atoms with E-state index in [1.165, 1.54) is 118 Å². The summed E-state index contributed by atoms with van der Waals surface area (Å²) in [6.07, 6.45) is 26.3. The number of rotatable bonds is 20. The molecule has 3 aromatic rings. The van der Waals surface area contributed by atoms with Crippen LogP contribution in [0.25, 0.3) is 16.3 Å². The summed E-state index contributed by atoms with van der Waals surface area (Å²) < 4.78 is 37.7. The third-order valence-electron chi connectivity index (χ3n) is 7.61. The van der Waals surface area contributed by atoms with Gasteiger partial charge in [-0.15, -0.1) is 10.2 Å². The third-order valence-corrected chi connectivity index (χ3v) is 8.74. The second-order valence-corrected chi connectivity index (χ2v) is 13.1. The van der Waals surface area contributed by atoms with E-state index in [9.17, 15) is 4.79 Å². The van der Waals surface area contributed by atoms with Crippen molar-refractivity contribution < 1.29 is 38.2 Å². The van der Waals surface area contributed by atoms with Crippen LogP contribution in [0, 0.1) is 10.2 Å². The number of aryl methyl sites for hydroxylation is 1. The Hall–Kier alpha value is -2.33. The monoisotopic (exact) mass is 646 g/mol. The van der Waals surface area contributed by atoms with E-state index in [4.69, 9.17) is 18.6 Å². The molecule has 244 valence electrons. The Bertz CT molecular complexity index is 1210. The number of amides is 1. The number of halogens is 1. The standard InChI is InChI=1S/C35H51N2OS.ClHO4/c1-3-4-5-6-7-8-9-10-11-12-13-14-15-16-17-23-29-37-33-26-21-22-27-34(33)39-35(37)28-30-36(31(2)38)32-24-19-18-20-25-32;2-1(3,4)5/h18-22,24-28,30H,3-17,23,29H2,1-2H3;(H,2,3,4,5)/q+1;/p-1. The van der Waals surface area contributed by atoms with Gasteiger partial charge in [0.15, 0.2) is 6.54 Å². The Morgan fingerprint density at radius 3 is 1.68 bits per heavy atom. The molecule has 0 fully saturated rings. The lowest BCUT2D eigenvalue weighted by molar-refractivity contribution is -2.00. The van der Waals surface area contributed by atoms with Crippen molar-refractivity contribution in [2.75, 3.05) is 4.90 Å². The summed E-state index contributed by atoms with van der Waals surface area (Å²) >= 11 is 1.80. The van der Waals surface area contributed by atoms with Crippen molar-refractivity contribution in [3.05, 3.63) is 65.8 Å². The zero-order valence-electron chi connectivity index (χ0n) is 26.6. The van der Waals surface area contributed by atoms with Gasteiger partial charge in [-0.05, 0) is 24.6 Å². The average Bonchev–Trinajstić information content (AvgIpc) is 3.34. The first-order chi connectivity index (χ1) is 21.2. The fraction of sp³-hybridized carbons (Fsp3) is 0.543. The first-order valence-corrected chi connectivity index (χ1v) is 18.3. The fourth-order valence-electron chi connectivity index (χ4n) is 5.33. The Morgan fingerprint density at radius 1 is 0.727 bits per heavy atom. The number of thiazole rings is 1. The van der Waals surface area contributed by atoms with Crippen LogP contribution in [0.2, 0.25) is 0 Å². The predicted molar refractivity (Wildman–Crippen MR) is 170 cm³/mol. The van der Waals surface area contributed by atoms with Gasteiger partial charge in [-0.25, -0.2) is 18.6 Å². The molecule has 0 radical (unpaired) electrons. The highest BCUT2D eigenvalue weighted by Gasteiger charge is 2.18. The number of fused-ring (bicyclic) bond motifs is 1. The van der Waals surface area contributed by atoms with Crippen molar-refractivity contribution in [3.8, 4) is 0 Å². The van der Waals surface area contributed by atoms with Crippen LogP contribution < -0.4 is 28.1 Å². The number of anilines is 1. The van der Waals surface area contributed by atoms with Gasteiger partial charge in [-0.1, -0.05) is 138 Å². The van der Waals surface area contributed by atoms with E-state index in [0.29, 0.717) is 0 Å². The van der Waals surface area contributed by atoms with Crippen molar-refractivity contribution in [2.24, 2.45) is 0 Å². The summed E-state index contributed by atoms with van der Waals surface area (Å²) in [5.41, 5.74) is 2.18. The van der Waals surface area contributed by atoms with Crippen molar-refractivity contribution in [3.63, 3.8) is 0 Å². The summed E-state index contributed by atoms with van der Waals surface area (Å²) in [7, 11) is -4.94. The van der Waals surface area contributed by atoms with Crippen LogP contribution in [0.4, 0.5) is 5.69 Å². The molecule has 1 heterocycles. The lowest BCUT2D eigenvalue weighted by Crippen LogP contribution is -2.68. The number of nitrogens with zero attached hydrogens (tertiary/aromatic N) is 2. The van der Waals surface area contributed by atoms with Crippen molar-refractivity contribution in [1.29, 1.82) is 0 Å². The van der Waals surface area contributed by atoms with Gasteiger partial charge >= 0.3 is 0 Å². The topological polar surface area (TPSA) is 116 Å². The minimum atomic E-state index is -4.94. The van der Waals surface area contributed by atoms with E-state index in [2.05, 4.69) is 41.8 Å². The van der Waals surface area contributed by atoms with Gasteiger partial charge in [0.1, 0.15) is 4.70 Å². The lowest BCUT2D eigenvalue weighted by atomic mass is 10.0. The van der Waals surface area contributed by atoms with E-state index in [-0.39, 0.29) is 5.91 Å². The minimum absolute atomic E-state index is 0.0166. The number of para-hydroxylation sites is 2. The zero-order valence-corrected chi connectivity index (χ0v) is 28.2. The van der Waals surface area contributed by atoms with Gasteiger partial charge in [0, 0.05) is 37.4 Å². The maximum absolute atomic E-state index is 12.3. The SMILES string of the molecule is CCCCCCCCCCCCCCCCCC[n+]1c(C=CN(C(C)=O)c2ccccc2)sc2ccccc21.[O-][Cl+3]([O-])([O-])[O-]. The molecule has 0 saturated carbocycles. The van der Waals surface area contributed by atoms with Crippen LogP contribution in [0.1, 0.15) is 122 Å². The highest BCUT2D eigenvalue weighted by atomic mass is 35.7. The maximum atomic E-state index is 12.3. The zero-order chi connectivity index (χ0) is 32.0. The second-order valence-electron chi connectivity index (χ2n) is 11.3. The van der Waals surface area contributed by atoms with Crippen molar-refractivity contribution in [2.45, 2.75) is 123 Å². The number of benzene rings is 2. The van der Waals surface area contributed by atoms with Crippen LogP contribution in [0.15, 0.2) is 60.8 Å². The Balaban J connectivity index is 0.00000125. The fourth-order valence-corrected chi connectivity index (χ4v) is 6.41. The van der Waals surface area contributed by atoms with Crippen LogP contribution in [-0.2, 0) is 11.3 Å². The highest BCUT2D eigenvalue weighted by molar-refractivity contribution is 7.18. The molecular formula is C35H51ClN2O5S. The molecule has 1 amide bonds. The molecule has 7 nitrogen and oxygen atoms in total. The van der Waals surface area contributed by atoms with Crippen LogP contribution >= 0.6 is 11.3 Å². The Labute approximate surface area is 270 Å². The van der Waals surface area contributed by atoms with Crippen LogP contribution in [0.5, 0.6) is 0 Å². The largest absolute Gasteiger partial charge is 0.288 e. The lowest BCUT2D eigenvalue weighted by Gasteiger charge is -2.17. The average molecular weight is 647 g/mol. The summed E-state index contributed by atoms with van der Waals surface area (Å²) in [6.45, 7) is 4.93. The minimum Gasteiger partial charge on any atom is -0.288 e. The van der Waals surface area contributed by atoms with Gasteiger partial charge in [-0.2, -0.15) is 4.57 Å². The molecule has 1 aromatic heterocycles. The normalized spacial score (nSPS) is 11.6. The molecule has 0 bridgehead atoms. The number of unbranched alkanes of at least 4 members (excludes halogenated alkanes) is 15. The molecule has 0 aliphatic heterocycles. The number of hydrogen-bond donors (Lipinski definition) is 0. The second kappa shape index (κ2) is 22.2.